The Balaban J connectivity index is 2.37. The van der Waals surface area contributed by atoms with Gasteiger partial charge in [0.05, 0.1) is 7.11 Å². The summed E-state index contributed by atoms with van der Waals surface area (Å²) in [6, 6.07) is 7.70. The first-order valence-corrected chi connectivity index (χ1v) is 7.42. The Kier molecular flexibility index (Phi) is 4.43. The maximum absolute atomic E-state index is 10.5. The van der Waals surface area contributed by atoms with Gasteiger partial charge >= 0.3 is 0 Å². The quantitative estimate of drug-likeness (QED) is 0.913. The summed E-state index contributed by atoms with van der Waals surface area (Å²) in [6.45, 7) is 2.10. The number of hydrogen-bond donors (Lipinski definition) is 1. The molecule has 18 heavy (non-hydrogen) atoms. The van der Waals surface area contributed by atoms with Gasteiger partial charge in [0.1, 0.15) is 11.9 Å². The van der Waals surface area contributed by atoms with Crippen molar-refractivity contribution in [2.24, 2.45) is 0 Å². The van der Waals surface area contributed by atoms with Gasteiger partial charge in [-0.25, -0.2) is 0 Å². The minimum absolute atomic E-state index is 0.583. The smallest absolute Gasteiger partial charge is 0.120 e. The van der Waals surface area contributed by atoms with E-state index < -0.39 is 6.10 Å². The van der Waals surface area contributed by atoms with Crippen LogP contribution in [-0.2, 0) is 6.42 Å². The largest absolute Gasteiger partial charge is 0.497 e. The van der Waals surface area contributed by atoms with Gasteiger partial charge in [0.2, 0.25) is 0 Å². The molecule has 1 heterocycles. The van der Waals surface area contributed by atoms with Crippen molar-refractivity contribution in [1.82, 2.24) is 0 Å². The van der Waals surface area contributed by atoms with Crippen LogP contribution < -0.4 is 4.74 Å². The summed E-state index contributed by atoms with van der Waals surface area (Å²) in [4.78, 5) is 1.02. The van der Waals surface area contributed by atoms with Crippen molar-refractivity contribution in [3.63, 3.8) is 0 Å². The minimum Gasteiger partial charge on any atom is -0.497 e. The molecule has 0 spiro atoms. The molecular formula is C14H15BrO2S. The summed E-state index contributed by atoms with van der Waals surface area (Å²) in [5.74, 6) is 0.778. The molecule has 4 heteroatoms. The zero-order chi connectivity index (χ0) is 13.1. The molecule has 2 aromatic rings. The lowest BCUT2D eigenvalue weighted by Crippen LogP contribution is -2.01. The van der Waals surface area contributed by atoms with E-state index in [1.54, 1.807) is 18.4 Å². The highest BCUT2D eigenvalue weighted by Crippen LogP contribution is 2.35. The fourth-order valence-corrected chi connectivity index (χ4v) is 3.45. The van der Waals surface area contributed by atoms with Gasteiger partial charge in [-0.15, -0.1) is 11.3 Å². The summed E-state index contributed by atoms with van der Waals surface area (Å²) in [7, 11) is 1.63. The number of aliphatic hydroxyl groups excluding tert-OH is 1. The standard InChI is InChI=1S/C14H15BrO2S/c1-3-9-6-7-18-14(9)13(16)11-5-4-10(17-2)8-12(11)15/h4-8,13,16H,3H2,1-2H3. The number of thiophene rings is 1. The molecule has 0 fully saturated rings. The third-order valence-electron chi connectivity index (χ3n) is 2.91. The first-order chi connectivity index (χ1) is 8.67. The van der Waals surface area contributed by atoms with Crippen LogP contribution in [0.15, 0.2) is 34.1 Å². The van der Waals surface area contributed by atoms with Crippen LogP contribution in [-0.4, -0.2) is 12.2 Å². The van der Waals surface area contributed by atoms with Crippen molar-refractivity contribution in [1.29, 1.82) is 0 Å². The average molecular weight is 327 g/mol. The number of ether oxygens (including phenoxy) is 1. The Bertz CT molecular complexity index is 536. The number of aliphatic hydroxyl groups is 1. The molecule has 0 aliphatic carbocycles. The summed E-state index contributed by atoms with van der Waals surface area (Å²) >= 11 is 5.08. The van der Waals surface area contributed by atoms with Gasteiger partial charge in [-0.2, -0.15) is 0 Å². The normalized spacial score (nSPS) is 12.4. The molecule has 2 nitrogen and oxygen atoms in total. The number of hydrogen-bond acceptors (Lipinski definition) is 3. The average Bonchev–Trinajstić information content (AvgIpc) is 2.86. The molecule has 0 saturated carbocycles. The van der Waals surface area contributed by atoms with Crippen LogP contribution in [0.25, 0.3) is 0 Å². The van der Waals surface area contributed by atoms with Crippen LogP contribution in [0.1, 0.15) is 29.0 Å². The van der Waals surface area contributed by atoms with E-state index in [2.05, 4.69) is 28.9 Å². The van der Waals surface area contributed by atoms with Gasteiger partial charge in [-0.3, -0.25) is 0 Å². The van der Waals surface area contributed by atoms with Gasteiger partial charge in [0, 0.05) is 14.9 Å². The predicted molar refractivity (Wildman–Crippen MR) is 78.5 cm³/mol. The third-order valence-corrected chi connectivity index (χ3v) is 4.61. The highest BCUT2D eigenvalue weighted by Gasteiger charge is 2.18. The lowest BCUT2D eigenvalue weighted by atomic mass is 10.0. The molecule has 1 unspecified atom stereocenters. The van der Waals surface area contributed by atoms with Crippen molar-refractivity contribution in [3.8, 4) is 5.75 Å². The van der Waals surface area contributed by atoms with E-state index in [0.29, 0.717) is 0 Å². The van der Waals surface area contributed by atoms with E-state index in [9.17, 15) is 5.11 Å². The topological polar surface area (TPSA) is 29.5 Å². The molecule has 0 bridgehead atoms. The number of aryl methyl sites for hydroxylation is 1. The molecule has 1 aromatic heterocycles. The van der Waals surface area contributed by atoms with Crippen molar-refractivity contribution in [2.45, 2.75) is 19.4 Å². The van der Waals surface area contributed by atoms with E-state index in [4.69, 9.17) is 4.74 Å². The molecule has 0 aliphatic rings. The maximum atomic E-state index is 10.5. The minimum atomic E-state index is -0.583. The maximum Gasteiger partial charge on any atom is 0.120 e. The van der Waals surface area contributed by atoms with E-state index in [0.717, 1.165) is 27.1 Å². The number of methoxy groups -OCH3 is 1. The lowest BCUT2D eigenvalue weighted by molar-refractivity contribution is 0.222. The highest BCUT2D eigenvalue weighted by atomic mass is 79.9. The molecule has 0 saturated heterocycles. The second kappa shape index (κ2) is 5.87. The first-order valence-electron chi connectivity index (χ1n) is 5.75. The van der Waals surface area contributed by atoms with Gasteiger partial charge in [-0.05, 0) is 35.6 Å². The second-order valence-electron chi connectivity index (χ2n) is 3.95. The van der Waals surface area contributed by atoms with E-state index in [1.165, 1.54) is 5.56 Å². The molecule has 0 amide bonds. The molecule has 1 aromatic carbocycles. The number of halogens is 1. The monoisotopic (exact) mass is 326 g/mol. The zero-order valence-corrected chi connectivity index (χ0v) is 12.7. The van der Waals surface area contributed by atoms with Crippen LogP contribution in [0.5, 0.6) is 5.75 Å². The molecule has 0 aliphatic heterocycles. The zero-order valence-electron chi connectivity index (χ0n) is 10.3. The summed E-state index contributed by atoms with van der Waals surface area (Å²) < 4.78 is 6.02. The Labute approximate surface area is 119 Å². The van der Waals surface area contributed by atoms with Gasteiger partial charge in [0.25, 0.3) is 0 Å². The molecule has 1 atom stereocenters. The molecular weight excluding hydrogens is 312 g/mol. The fourth-order valence-electron chi connectivity index (χ4n) is 1.88. The van der Waals surface area contributed by atoms with Crippen molar-refractivity contribution in [2.75, 3.05) is 7.11 Å². The first kappa shape index (κ1) is 13.6. The molecule has 0 radical (unpaired) electrons. The summed E-state index contributed by atoms with van der Waals surface area (Å²) in [5, 5.41) is 12.5. The summed E-state index contributed by atoms with van der Waals surface area (Å²) in [6.07, 6.45) is 0.351. The van der Waals surface area contributed by atoms with Crippen molar-refractivity contribution < 1.29 is 9.84 Å². The van der Waals surface area contributed by atoms with Gasteiger partial charge in [0.15, 0.2) is 0 Å². The SMILES string of the molecule is CCc1ccsc1C(O)c1ccc(OC)cc1Br. The van der Waals surface area contributed by atoms with Crippen molar-refractivity contribution >= 4 is 27.3 Å². The van der Waals surface area contributed by atoms with Crippen molar-refractivity contribution in [3.05, 3.63) is 50.1 Å². The Morgan fingerprint density at radius 1 is 1.39 bits per heavy atom. The van der Waals surface area contributed by atoms with Gasteiger partial charge < -0.3 is 9.84 Å². The lowest BCUT2D eigenvalue weighted by Gasteiger charge is -2.14. The molecule has 96 valence electrons. The highest BCUT2D eigenvalue weighted by molar-refractivity contribution is 9.10. The Morgan fingerprint density at radius 3 is 2.78 bits per heavy atom. The fraction of sp³-hybridized carbons (Fsp3) is 0.286. The third kappa shape index (κ3) is 2.60. The van der Waals surface area contributed by atoms with Crippen LogP contribution >= 0.6 is 27.3 Å². The Hall–Kier alpha value is -0.840. The molecule has 1 N–H and O–H groups in total. The number of benzene rings is 1. The summed E-state index contributed by atoms with van der Waals surface area (Å²) in [5.41, 5.74) is 2.07. The molecule has 2 rings (SSSR count). The Morgan fingerprint density at radius 2 is 2.17 bits per heavy atom. The van der Waals surface area contributed by atoms with Crippen LogP contribution in [0.4, 0.5) is 0 Å². The van der Waals surface area contributed by atoms with Crippen LogP contribution in [0, 0.1) is 0 Å². The van der Waals surface area contributed by atoms with Gasteiger partial charge in [-0.1, -0.05) is 28.9 Å². The van der Waals surface area contributed by atoms with E-state index in [-0.39, 0.29) is 0 Å². The van der Waals surface area contributed by atoms with Crippen LogP contribution in [0.2, 0.25) is 0 Å². The van der Waals surface area contributed by atoms with E-state index in [1.807, 2.05) is 23.6 Å². The van der Waals surface area contributed by atoms with Crippen LogP contribution in [0.3, 0.4) is 0 Å². The van der Waals surface area contributed by atoms with E-state index >= 15 is 0 Å². The second-order valence-corrected chi connectivity index (χ2v) is 5.76. The predicted octanol–water partition coefficient (Wildman–Crippen LogP) is 4.16. The number of rotatable bonds is 4.